The number of ether oxygens (including phenoxy) is 2. The van der Waals surface area contributed by atoms with Crippen molar-refractivity contribution in [2.45, 2.75) is 55.2 Å². The van der Waals surface area contributed by atoms with Crippen molar-refractivity contribution in [2.75, 3.05) is 20.3 Å². The number of rotatable bonds is 7. The van der Waals surface area contributed by atoms with Crippen LogP contribution in [-0.4, -0.2) is 36.0 Å². The first-order valence-corrected chi connectivity index (χ1v) is 11.8. The smallest absolute Gasteiger partial charge is 0.341 e. The Bertz CT molecular complexity index is 1060. The van der Waals surface area contributed by atoms with Gasteiger partial charge in [-0.3, -0.25) is 4.79 Å². The number of fused-ring (bicyclic) bond motifs is 3. The van der Waals surface area contributed by atoms with E-state index >= 15 is 0 Å². The lowest BCUT2D eigenvalue weighted by atomic mass is 9.98. The molecule has 1 aromatic heterocycles. The molecule has 166 valence electrons. The summed E-state index contributed by atoms with van der Waals surface area (Å²) in [7, 11) is 1.65. The summed E-state index contributed by atoms with van der Waals surface area (Å²) in [6.07, 6.45) is 4.58. The molecule has 1 unspecified atom stereocenters. The average Bonchev–Trinajstić information content (AvgIpc) is 3.26. The van der Waals surface area contributed by atoms with Crippen molar-refractivity contribution >= 4 is 29.3 Å². The lowest BCUT2D eigenvalue weighted by Gasteiger charge is -2.31. The van der Waals surface area contributed by atoms with E-state index in [1.54, 1.807) is 29.5 Å². The molecule has 0 amide bonds. The summed E-state index contributed by atoms with van der Waals surface area (Å²) in [4.78, 5) is 26.0. The summed E-state index contributed by atoms with van der Waals surface area (Å²) in [6, 6.07) is 5.34. The van der Waals surface area contributed by atoms with Crippen molar-refractivity contribution in [2.24, 2.45) is 0 Å². The van der Waals surface area contributed by atoms with E-state index in [0.29, 0.717) is 24.0 Å². The van der Waals surface area contributed by atoms with Gasteiger partial charge in [-0.05, 0) is 43.5 Å². The molecule has 4 rings (SSSR count). The Morgan fingerprint density at radius 2 is 2.00 bits per heavy atom. The Morgan fingerprint density at radius 1 is 1.26 bits per heavy atom. The Morgan fingerprint density at radius 3 is 2.68 bits per heavy atom. The van der Waals surface area contributed by atoms with Gasteiger partial charge in [0, 0.05) is 41.9 Å². The van der Waals surface area contributed by atoms with Gasteiger partial charge in [0.15, 0.2) is 0 Å². The molecule has 0 spiro atoms. The van der Waals surface area contributed by atoms with Crippen LogP contribution in [-0.2, 0) is 4.74 Å². The average molecular weight is 464 g/mol. The van der Waals surface area contributed by atoms with Gasteiger partial charge in [0.2, 0.25) is 0 Å². The third kappa shape index (κ3) is 4.23. The second kappa shape index (κ2) is 9.27. The first kappa shape index (κ1) is 22.2. The molecule has 0 bridgehead atoms. The summed E-state index contributed by atoms with van der Waals surface area (Å²) < 4.78 is 12.7. The van der Waals surface area contributed by atoms with Gasteiger partial charge in [-0.15, -0.1) is 11.8 Å². The van der Waals surface area contributed by atoms with Gasteiger partial charge in [-0.1, -0.05) is 24.4 Å². The molecule has 8 heteroatoms. The molecule has 1 saturated carbocycles. The van der Waals surface area contributed by atoms with Gasteiger partial charge in [-0.2, -0.15) is 0 Å². The van der Waals surface area contributed by atoms with Gasteiger partial charge in [0.1, 0.15) is 11.3 Å². The fraction of sp³-hybridized carbons (Fsp3) is 0.478. The second-order valence-corrected chi connectivity index (χ2v) is 9.80. The fourth-order valence-electron chi connectivity index (χ4n) is 4.48. The molecule has 1 aromatic carbocycles. The van der Waals surface area contributed by atoms with E-state index in [1.807, 2.05) is 19.1 Å². The summed E-state index contributed by atoms with van der Waals surface area (Å²) in [6.45, 7) is 3.15. The second-order valence-electron chi connectivity index (χ2n) is 8.01. The molecule has 1 fully saturated rings. The van der Waals surface area contributed by atoms with Crippen LogP contribution in [0.2, 0.25) is 5.02 Å². The SMILES string of the molecule is COCCCOc1cc2c(cc1Cl)-c1c(cc(C(=O)O)c(=O)n1C1CCCC1)C(C)S2. The minimum Gasteiger partial charge on any atom is -0.492 e. The molecule has 1 atom stereocenters. The highest BCUT2D eigenvalue weighted by molar-refractivity contribution is 7.99. The Hall–Kier alpha value is -1.96. The van der Waals surface area contributed by atoms with Crippen LogP contribution in [0.25, 0.3) is 11.3 Å². The summed E-state index contributed by atoms with van der Waals surface area (Å²) in [5, 5.41) is 10.1. The highest BCUT2D eigenvalue weighted by atomic mass is 35.5. The van der Waals surface area contributed by atoms with Crippen molar-refractivity contribution in [1.29, 1.82) is 0 Å². The molecule has 2 aromatic rings. The Kier molecular flexibility index (Phi) is 6.65. The number of hydrogen-bond donors (Lipinski definition) is 1. The van der Waals surface area contributed by atoms with Crippen molar-refractivity contribution in [1.82, 2.24) is 4.57 Å². The van der Waals surface area contributed by atoms with Gasteiger partial charge >= 0.3 is 5.97 Å². The standard InChI is InChI=1S/C23H26ClNO5S/c1-13-15-10-17(23(27)28)22(26)25(14-6-3-4-7-14)21(15)16-11-18(24)19(12-20(16)31-13)30-9-5-8-29-2/h10-14H,3-9H2,1-2H3,(H,27,28). The molecule has 2 aliphatic rings. The number of thioether (sulfide) groups is 1. The first-order valence-electron chi connectivity index (χ1n) is 10.6. The number of hydrogen-bond acceptors (Lipinski definition) is 5. The maximum Gasteiger partial charge on any atom is 0.341 e. The van der Waals surface area contributed by atoms with E-state index in [4.69, 9.17) is 21.1 Å². The fourth-order valence-corrected chi connectivity index (χ4v) is 5.85. The number of carbonyl (C=O) groups is 1. The monoisotopic (exact) mass is 463 g/mol. The van der Waals surface area contributed by atoms with Crippen molar-refractivity contribution in [3.05, 3.63) is 44.7 Å². The molecule has 1 aliphatic carbocycles. The van der Waals surface area contributed by atoms with Crippen LogP contribution < -0.4 is 10.3 Å². The zero-order valence-corrected chi connectivity index (χ0v) is 19.2. The molecule has 2 heterocycles. The summed E-state index contributed by atoms with van der Waals surface area (Å²) in [5.74, 6) is -0.572. The number of carboxylic acids is 1. The van der Waals surface area contributed by atoms with Crippen LogP contribution in [0.4, 0.5) is 0 Å². The van der Waals surface area contributed by atoms with Gasteiger partial charge < -0.3 is 19.1 Å². The number of aromatic nitrogens is 1. The van der Waals surface area contributed by atoms with Crippen LogP contribution in [0.5, 0.6) is 5.75 Å². The zero-order valence-electron chi connectivity index (χ0n) is 17.7. The zero-order chi connectivity index (χ0) is 22.1. The van der Waals surface area contributed by atoms with Gasteiger partial charge in [-0.25, -0.2) is 4.79 Å². The van der Waals surface area contributed by atoms with E-state index in [0.717, 1.165) is 53.8 Å². The van der Waals surface area contributed by atoms with Crippen LogP contribution in [0, 0.1) is 0 Å². The Balaban J connectivity index is 1.86. The molecule has 6 nitrogen and oxygen atoms in total. The normalized spacial score (nSPS) is 18.0. The number of aromatic carboxylic acids is 1. The van der Waals surface area contributed by atoms with E-state index in [9.17, 15) is 14.7 Å². The molecule has 0 saturated heterocycles. The first-order chi connectivity index (χ1) is 14.9. The largest absolute Gasteiger partial charge is 0.492 e. The molecule has 1 N–H and O–H groups in total. The molecule has 0 radical (unpaired) electrons. The molecular weight excluding hydrogens is 438 g/mol. The predicted octanol–water partition coefficient (Wildman–Crippen LogP) is 5.56. The van der Waals surface area contributed by atoms with E-state index in [-0.39, 0.29) is 16.9 Å². The number of nitrogens with zero attached hydrogens (tertiary/aromatic N) is 1. The maximum absolute atomic E-state index is 13.2. The van der Waals surface area contributed by atoms with Crippen LogP contribution in [0.3, 0.4) is 0 Å². The van der Waals surface area contributed by atoms with Crippen LogP contribution >= 0.6 is 23.4 Å². The van der Waals surface area contributed by atoms with E-state index in [1.165, 1.54) is 0 Å². The van der Waals surface area contributed by atoms with Crippen molar-refractivity contribution < 1.29 is 19.4 Å². The Labute approximate surface area is 190 Å². The summed E-state index contributed by atoms with van der Waals surface area (Å²) >= 11 is 8.19. The van der Waals surface area contributed by atoms with Gasteiger partial charge in [0.25, 0.3) is 5.56 Å². The maximum atomic E-state index is 13.2. The minimum atomic E-state index is -1.18. The lowest BCUT2D eigenvalue weighted by molar-refractivity contribution is 0.0694. The lowest BCUT2D eigenvalue weighted by Crippen LogP contribution is -2.32. The molecule has 31 heavy (non-hydrogen) atoms. The van der Waals surface area contributed by atoms with Crippen LogP contribution in [0.15, 0.2) is 27.9 Å². The molecular formula is C23H26ClNO5S. The highest BCUT2D eigenvalue weighted by Gasteiger charge is 2.33. The number of halogens is 1. The van der Waals surface area contributed by atoms with Crippen molar-refractivity contribution in [3.8, 4) is 17.0 Å². The number of pyridine rings is 1. The van der Waals surface area contributed by atoms with Crippen molar-refractivity contribution in [3.63, 3.8) is 0 Å². The highest BCUT2D eigenvalue weighted by Crippen LogP contribution is 2.52. The van der Waals surface area contributed by atoms with E-state index in [2.05, 4.69) is 0 Å². The summed E-state index contributed by atoms with van der Waals surface area (Å²) in [5.41, 5.74) is 1.94. The number of methoxy groups -OCH3 is 1. The third-order valence-corrected chi connectivity index (χ3v) is 7.46. The molecule has 1 aliphatic heterocycles. The quantitative estimate of drug-likeness (QED) is 0.541. The topological polar surface area (TPSA) is 77.8 Å². The third-order valence-electron chi connectivity index (χ3n) is 5.96. The number of benzene rings is 1. The van der Waals surface area contributed by atoms with Crippen LogP contribution in [0.1, 0.15) is 66.2 Å². The van der Waals surface area contributed by atoms with E-state index < -0.39 is 11.5 Å². The predicted molar refractivity (Wildman–Crippen MR) is 122 cm³/mol. The van der Waals surface area contributed by atoms with Gasteiger partial charge in [0.05, 0.1) is 17.3 Å². The number of carboxylic acid groups (broad SMARTS) is 1. The minimum absolute atomic E-state index is 0.00336.